The van der Waals surface area contributed by atoms with Crippen LogP contribution in [0.25, 0.3) is 0 Å². The van der Waals surface area contributed by atoms with Crippen LogP contribution in [0.3, 0.4) is 0 Å². The Kier molecular flexibility index (Phi) is 5.87. The van der Waals surface area contributed by atoms with Gasteiger partial charge in [0.15, 0.2) is 0 Å². The molecule has 1 aromatic carbocycles. The molecule has 0 heterocycles. The van der Waals surface area contributed by atoms with Crippen molar-refractivity contribution in [2.45, 2.75) is 53.4 Å². The van der Waals surface area contributed by atoms with Gasteiger partial charge in [0.2, 0.25) is 0 Å². The van der Waals surface area contributed by atoms with E-state index in [1.54, 1.807) is 0 Å². The molecule has 3 N–H and O–H groups in total. The summed E-state index contributed by atoms with van der Waals surface area (Å²) in [5.41, 5.74) is 9.74. The minimum absolute atomic E-state index is 0.504. The van der Waals surface area contributed by atoms with Crippen molar-refractivity contribution in [1.29, 1.82) is 0 Å². The fraction of sp³-hybridized carbons (Fsp3) is 0.562. The van der Waals surface area contributed by atoms with Gasteiger partial charge in [0.25, 0.3) is 0 Å². The average Bonchev–Trinajstić information content (AvgIpc) is 3.13. The maximum atomic E-state index is 10.8. The Bertz CT molecular complexity index is 437. The van der Waals surface area contributed by atoms with Gasteiger partial charge in [-0.05, 0) is 48.4 Å². The van der Waals surface area contributed by atoms with E-state index >= 15 is 0 Å². The molecule has 0 bridgehead atoms. The highest BCUT2D eigenvalue weighted by Gasteiger charge is 2.12. The van der Waals surface area contributed by atoms with Crippen molar-refractivity contribution in [3.8, 4) is 0 Å². The van der Waals surface area contributed by atoms with Crippen LogP contribution in [-0.2, 0) is 12.8 Å². The number of hydrogen-bond donors (Lipinski definition) is 2. The number of nitrogens with one attached hydrogen (secondary N) is 1. The van der Waals surface area contributed by atoms with Gasteiger partial charge in [0.05, 0.1) is 0 Å². The first kappa shape index (κ1) is 15.5. The predicted molar refractivity (Wildman–Crippen MR) is 81.5 cm³/mol. The topological polar surface area (TPSA) is 55.1 Å². The average molecular weight is 262 g/mol. The second-order valence-corrected chi connectivity index (χ2v) is 5.27. The van der Waals surface area contributed by atoms with Gasteiger partial charge in [-0.2, -0.15) is 0 Å². The Balaban J connectivity index is 0.000000382. The summed E-state index contributed by atoms with van der Waals surface area (Å²) in [6.45, 7) is 8.57. The van der Waals surface area contributed by atoms with Crippen molar-refractivity contribution < 1.29 is 4.79 Å². The molecule has 0 aliphatic heterocycles. The van der Waals surface area contributed by atoms with Crippen LogP contribution >= 0.6 is 0 Å². The summed E-state index contributed by atoms with van der Waals surface area (Å²) < 4.78 is 0. The number of carbonyl (C=O) groups is 1. The van der Waals surface area contributed by atoms with Gasteiger partial charge in [0.1, 0.15) is 0 Å². The molecular weight excluding hydrogens is 236 g/mol. The first-order chi connectivity index (χ1) is 8.99. The zero-order valence-corrected chi connectivity index (χ0v) is 12.5. The van der Waals surface area contributed by atoms with Crippen LogP contribution in [-0.4, -0.2) is 6.03 Å². The van der Waals surface area contributed by atoms with E-state index in [9.17, 15) is 4.79 Å². The number of benzene rings is 1. The largest absolute Gasteiger partial charge is 0.351 e. The molecule has 1 aromatic rings. The number of nitrogens with two attached hydrogens (primary N) is 1. The Morgan fingerprint density at radius 1 is 1.26 bits per heavy atom. The second-order valence-electron chi connectivity index (χ2n) is 5.27. The number of primary amides is 1. The summed E-state index contributed by atoms with van der Waals surface area (Å²) >= 11 is 0. The molecule has 2 amide bonds. The van der Waals surface area contributed by atoms with E-state index in [4.69, 9.17) is 5.73 Å². The van der Waals surface area contributed by atoms with Gasteiger partial charge in [-0.25, -0.2) is 4.79 Å². The molecule has 1 saturated carbocycles. The molecule has 1 aliphatic carbocycles. The molecule has 1 fully saturated rings. The second kappa shape index (κ2) is 7.17. The summed E-state index contributed by atoms with van der Waals surface area (Å²) in [4.78, 5) is 10.8. The van der Waals surface area contributed by atoms with Gasteiger partial charge in [-0.3, -0.25) is 0 Å². The summed E-state index contributed by atoms with van der Waals surface area (Å²) in [5.74, 6) is 1.08. The predicted octanol–water partition coefficient (Wildman–Crippen LogP) is 4.03. The lowest BCUT2D eigenvalue weighted by atomic mass is 9.96. The maximum Gasteiger partial charge on any atom is 0.316 e. The highest BCUT2D eigenvalue weighted by atomic mass is 16.2. The minimum Gasteiger partial charge on any atom is -0.351 e. The third-order valence-electron chi connectivity index (χ3n) is 3.50. The maximum absolute atomic E-state index is 10.8. The fourth-order valence-electron chi connectivity index (χ4n) is 2.12. The van der Waals surface area contributed by atoms with Crippen molar-refractivity contribution in [1.82, 2.24) is 0 Å². The first-order valence-corrected chi connectivity index (χ1v) is 7.17. The molecule has 1 aliphatic rings. The van der Waals surface area contributed by atoms with E-state index in [1.807, 2.05) is 12.1 Å². The quantitative estimate of drug-likeness (QED) is 0.849. The van der Waals surface area contributed by atoms with Crippen LogP contribution in [0.15, 0.2) is 12.1 Å². The molecule has 2 rings (SSSR count). The molecule has 3 heteroatoms. The molecule has 106 valence electrons. The Morgan fingerprint density at radius 2 is 1.79 bits per heavy atom. The third-order valence-corrected chi connectivity index (χ3v) is 3.50. The fourth-order valence-corrected chi connectivity index (χ4v) is 2.12. The molecule has 0 aromatic heterocycles. The smallest absolute Gasteiger partial charge is 0.316 e. The molecule has 3 nitrogen and oxygen atoms in total. The highest BCUT2D eigenvalue weighted by molar-refractivity contribution is 5.89. The number of aryl methyl sites for hydroxylation is 1. The molecule has 0 radical (unpaired) electrons. The van der Waals surface area contributed by atoms with E-state index in [-0.39, 0.29) is 0 Å². The summed E-state index contributed by atoms with van der Waals surface area (Å²) in [5, 5.41) is 2.67. The lowest BCUT2D eigenvalue weighted by Crippen LogP contribution is -2.20. The van der Waals surface area contributed by atoms with Crippen LogP contribution < -0.4 is 11.1 Å². The number of hydrogen-bond acceptors (Lipinski definition) is 1. The lowest BCUT2D eigenvalue weighted by molar-refractivity contribution is 0.259. The molecule has 0 saturated heterocycles. The van der Waals surface area contributed by atoms with Crippen LogP contribution in [0.2, 0.25) is 0 Å². The van der Waals surface area contributed by atoms with Gasteiger partial charge in [0, 0.05) is 5.69 Å². The standard InChI is InChI=1S/C12H18N2O.C4H8/c1-4-9-8(3)6-7-11(10(9)5-2)14-12(13)15;1-4-2-3-4/h6-7H,4-5H2,1-3H3,(H3,13,14,15);4H,2-3H2,1H3. The van der Waals surface area contributed by atoms with Crippen LogP contribution in [0.1, 0.15) is 50.3 Å². The number of anilines is 1. The Labute approximate surface area is 116 Å². The van der Waals surface area contributed by atoms with E-state index in [0.717, 1.165) is 24.4 Å². The number of carbonyl (C=O) groups excluding carboxylic acids is 1. The van der Waals surface area contributed by atoms with Crippen LogP contribution in [0.4, 0.5) is 10.5 Å². The van der Waals surface area contributed by atoms with Crippen LogP contribution in [0.5, 0.6) is 0 Å². The minimum atomic E-state index is -0.504. The van der Waals surface area contributed by atoms with Gasteiger partial charge >= 0.3 is 6.03 Å². The molecule has 0 unspecified atom stereocenters. The summed E-state index contributed by atoms with van der Waals surface area (Å²) in [7, 11) is 0. The van der Waals surface area contributed by atoms with Crippen molar-refractivity contribution >= 4 is 11.7 Å². The Hall–Kier alpha value is -1.51. The van der Waals surface area contributed by atoms with Crippen LogP contribution in [0, 0.1) is 12.8 Å². The first-order valence-electron chi connectivity index (χ1n) is 7.17. The number of rotatable bonds is 3. The number of amides is 2. The summed E-state index contributed by atoms with van der Waals surface area (Å²) in [6.07, 6.45) is 4.85. The molecule has 0 spiro atoms. The molecular formula is C16H26N2O. The van der Waals surface area contributed by atoms with E-state index in [2.05, 4.69) is 33.0 Å². The zero-order chi connectivity index (χ0) is 14.4. The van der Waals surface area contributed by atoms with Gasteiger partial charge < -0.3 is 11.1 Å². The SMILES string of the molecule is CC1CC1.CCc1c(C)ccc(NC(N)=O)c1CC. The van der Waals surface area contributed by atoms with Crippen molar-refractivity contribution in [3.05, 3.63) is 28.8 Å². The molecule has 19 heavy (non-hydrogen) atoms. The summed E-state index contributed by atoms with van der Waals surface area (Å²) in [6, 6.07) is 3.43. The highest BCUT2D eigenvalue weighted by Crippen LogP contribution is 2.26. The Morgan fingerprint density at radius 3 is 2.16 bits per heavy atom. The lowest BCUT2D eigenvalue weighted by Gasteiger charge is -2.15. The van der Waals surface area contributed by atoms with E-state index < -0.39 is 6.03 Å². The van der Waals surface area contributed by atoms with Gasteiger partial charge in [-0.15, -0.1) is 0 Å². The van der Waals surface area contributed by atoms with Crippen molar-refractivity contribution in [2.75, 3.05) is 5.32 Å². The third kappa shape index (κ3) is 4.93. The van der Waals surface area contributed by atoms with Crippen molar-refractivity contribution in [3.63, 3.8) is 0 Å². The molecule has 0 atom stereocenters. The van der Waals surface area contributed by atoms with E-state index in [1.165, 1.54) is 29.5 Å². The van der Waals surface area contributed by atoms with E-state index in [0.29, 0.717) is 0 Å². The van der Waals surface area contributed by atoms with Crippen molar-refractivity contribution in [2.24, 2.45) is 11.7 Å². The van der Waals surface area contributed by atoms with Gasteiger partial charge in [-0.1, -0.05) is 39.7 Å². The monoisotopic (exact) mass is 262 g/mol. The normalized spacial score (nSPS) is 13.5. The number of urea groups is 1. The zero-order valence-electron chi connectivity index (χ0n) is 12.5.